The molecule has 0 spiro atoms. The SMILES string of the molecule is CC1=C2CC(C)C(C)C2(C)CCC1. The number of allylic oxidation sites excluding steroid dienone is 2. The van der Waals surface area contributed by atoms with Crippen molar-refractivity contribution in [2.24, 2.45) is 17.3 Å². The first-order chi connectivity index (χ1) is 6.05. The van der Waals surface area contributed by atoms with Crippen molar-refractivity contribution in [1.29, 1.82) is 0 Å². The van der Waals surface area contributed by atoms with E-state index in [1.807, 2.05) is 5.57 Å². The lowest BCUT2D eigenvalue weighted by molar-refractivity contribution is 0.221. The molecule has 0 aromatic heterocycles. The van der Waals surface area contributed by atoms with Crippen molar-refractivity contribution in [1.82, 2.24) is 0 Å². The third kappa shape index (κ3) is 1.18. The van der Waals surface area contributed by atoms with Crippen molar-refractivity contribution < 1.29 is 0 Å². The van der Waals surface area contributed by atoms with Crippen molar-refractivity contribution in [2.45, 2.75) is 53.4 Å². The summed E-state index contributed by atoms with van der Waals surface area (Å²) in [6, 6.07) is 0. The summed E-state index contributed by atoms with van der Waals surface area (Å²) in [5, 5.41) is 0. The van der Waals surface area contributed by atoms with Gasteiger partial charge < -0.3 is 0 Å². The molecule has 2 aliphatic carbocycles. The zero-order valence-corrected chi connectivity index (χ0v) is 9.48. The van der Waals surface area contributed by atoms with Gasteiger partial charge in [-0.05, 0) is 49.9 Å². The Balaban J connectivity index is 2.42. The molecule has 0 N–H and O–H groups in total. The Hall–Kier alpha value is -0.260. The summed E-state index contributed by atoms with van der Waals surface area (Å²) in [7, 11) is 0. The van der Waals surface area contributed by atoms with Gasteiger partial charge in [0.25, 0.3) is 0 Å². The van der Waals surface area contributed by atoms with Gasteiger partial charge in [0.1, 0.15) is 0 Å². The van der Waals surface area contributed by atoms with Crippen LogP contribution in [0.3, 0.4) is 0 Å². The summed E-state index contributed by atoms with van der Waals surface area (Å²) < 4.78 is 0. The van der Waals surface area contributed by atoms with Crippen LogP contribution in [0.5, 0.6) is 0 Å². The third-order valence-electron chi connectivity index (χ3n) is 4.84. The Bertz CT molecular complexity index is 249. The van der Waals surface area contributed by atoms with Gasteiger partial charge in [0.2, 0.25) is 0 Å². The minimum absolute atomic E-state index is 0.571. The van der Waals surface area contributed by atoms with Crippen LogP contribution in [0, 0.1) is 17.3 Å². The van der Waals surface area contributed by atoms with Crippen LogP contribution in [0.1, 0.15) is 53.4 Å². The Labute approximate surface area is 82.4 Å². The zero-order chi connectivity index (χ0) is 9.64. The van der Waals surface area contributed by atoms with E-state index in [4.69, 9.17) is 0 Å². The third-order valence-corrected chi connectivity index (χ3v) is 4.84. The fraction of sp³-hybridized carbons (Fsp3) is 0.846. The van der Waals surface area contributed by atoms with Crippen LogP contribution in [-0.2, 0) is 0 Å². The van der Waals surface area contributed by atoms with Crippen LogP contribution in [0.25, 0.3) is 0 Å². The van der Waals surface area contributed by atoms with E-state index in [9.17, 15) is 0 Å². The van der Waals surface area contributed by atoms with E-state index in [0.29, 0.717) is 5.41 Å². The van der Waals surface area contributed by atoms with E-state index in [0.717, 1.165) is 11.8 Å². The maximum absolute atomic E-state index is 2.50. The quantitative estimate of drug-likeness (QED) is 0.488. The van der Waals surface area contributed by atoms with Crippen molar-refractivity contribution in [3.63, 3.8) is 0 Å². The minimum Gasteiger partial charge on any atom is -0.0735 e. The summed E-state index contributed by atoms with van der Waals surface area (Å²) >= 11 is 0. The molecule has 1 fully saturated rings. The van der Waals surface area contributed by atoms with E-state index in [2.05, 4.69) is 27.7 Å². The van der Waals surface area contributed by atoms with Gasteiger partial charge in [-0.3, -0.25) is 0 Å². The maximum Gasteiger partial charge on any atom is -0.00853 e. The molecule has 0 aromatic rings. The van der Waals surface area contributed by atoms with Gasteiger partial charge in [0.15, 0.2) is 0 Å². The second-order valence-electron chi connectivity index (χ2n) is 5.50. The molecule has 0 heterocycles. The molecule has 0 aromatic carbocycles. The highest BCUT2D eigenvalue weighted by Crippen LogP contribution is 2.56. The molecule has 0 radical (unpaired) electrons. The molecule has 2 aliphatic rings. The van der Waals surface area contributed by atoms with Crippen LogP contribution in [0.4, 0.5) is 0 Å². The maximum atomic E-state index is 2.50. The summed E-state index contributed by atoms with van der Waals surface area (Å²) in [4.78, 5) is 0. The summed E-state index contributed by atoms with van der Waals surface area (Å²) in [6.07, 6.45) is 5.60. The molecular formula is C13H22. The van der Waals surface area contributed by atoms with Gasteiger partial charge in [-0.25, -0.2) is 0 Å². The van der Waals surface area contributed by atoms with E-state index in [-0.39, 0.29) is 0 Å². The van der Waals surface area contributed by atoms with E-state index in [1.165, 1.54) is 25.7 Å². The Kier molecular flexibility index (Phi) is 2.05. The van der Waals surface area contributed by atoms with Gasteiger partial charge in [-0.2, -0.15) is 0 Å². The molecule has 0 amide bonds. The highest BCUT2D eigenvalue weighted by Gasteiger charge is 2.45. The summed E-state index contributed by atoms with van der Waals surface area (Å²) in [6.45, 7) is 9.74. The molecule has 0 bridgehead atoms. The average Bonchev–Trinajstić information content (AvgIpc) is 2.30. The molecule has 0 heteroatoms. The van der Waals surface area contributed by atoms with Crippen LogP contribution in [0.15, 0.2) is 11.1 Å². The molecule has 74 valence electrons. The molecule has 3 atom stereocenters. The number of hydrogen-bond donors (Lipinski definition) is 0. The second kappa shape index (κ2) is 2.87. The second-order valence-corrected chi connectivity index (χ2v) is 5.50. The van der Waals surface area contributed by atoms with Crippen molar-refractivity contribution in [3.05, 3.63) is 11.1 Å². The monoisotopic (exact) mass is 178 g/mol. The fourth-order valence-corrected chi connectivity index (χ4v) is 3.55. The van der Waals surface area contributed by atoms with Crippen LogP contribution in [-0.4, -0.2) is 0 Å². The highest BCUT2D eigenvalue weighted by molar-refractivity contribution is 5.28. The highest BCUT2D eigenvalue weighted by atomic mass is 14.5. The Morgan fingerprint density at radius 1 is 1.31 bits per heavy atom. The van der Waals surface area contributed by atoms with Crippen LogP contribution in [0.2, 0.25) is 0 Å². The standard InChI is InChI=1S/C13H22/c1-9-6-5-7-13(4)11(3)10(2)8-12(9)13/h10-11H,5-8H2,1-4H3. The Morgan fingerprint density at radius 3 is 2.62 bits per heavy atom. The van der Waals surface area contributed by atoms with Crippen molar-refractivity contribution in [2.75, 3.05) is 0 Å². The average molecular weight is 178 g/mol. The molecule has 3 unspecified atom stereocenters. The Morgan fingerprint density at radius 2 is 2.00 bits per heavy atom. The first kappa shape index (κ1) is 9.30. The topological polar surface area (TPSA) is 0 Å². The lowest BCUT2D eigenvalue weighted by Gasteiger charge is -2.36. The van der Waals surface area contributed by atoms with E-state index in [1.54, 1.807) is 5.57 Å². The molecule has 0 saturated heterocycles. The molecule has 0 nitrogen and oxygen atoms in total. The normalized spacial score (nSPS) is 45.2. The smallest absolute Gasteiger partial charge is 0.00853 e. The molecule has 0 aliphatic heterocycles. The fourth-order valence-electron chi connectivity index (χ4n) is 3.55. The van der Waals surface area contributed by atoms with Gasteiger partial charge in [0.05, 0.1) is 0 Å². The number of hydrogen-bond acceptors (Lipinski definition) is 0. The number of fused-ring (bicyclic) bond motifs is 1. The first-order valence-corrected chi connectivity index (χ1v) is 5.75. The van der Waals surface area contributed by atoms with Crippen LogP contribution < -0.4 is 0 Å². The van der Waals surface area contributed by atoms with E-state index < -0.39 is 0 Å². The van der Waals surface area contributed by atoms with Crippen molar-refractivity contribution in [3.8, 4) is 0 Å². The van der Waals surface area contributed by atoms with Crippen molar-refractivity contribution >= 4 is 0 Å². The lowest BCUT2D eigenvalue weighted by atomic mass is 9.68. The predicted molar refractivity (Wildman–Crippen MR) is 57.6 cm³/mol. The summed E-state index contributed by atoms with van der Waals surface area (Å²) in [5.74, 6) is 1.81. The molecule has 13 heavy (non-hydrogen) atoms. The molecule has 1 saturated carbocycles. The van der Waals surface area contributed by atoms with Gasteiger partial charge in [0, 0.05) is 0 Å². The predicted octanol–water partition coefficient (Wildman–Crippen LogP) is 4.17. The van der Waals surface area contributed by atoms with Gasteiger partial charge in [-0.15, -0.1) is 0 Å². The molecular weight excluding hydrogens is 156 g/mol. The molecule has 2 rings (SSSR count). The van der Waals surface area contributed by atoms with E-state index >= 15 is 0 Å². The number of rotatable bonds is 0. The summed E-state index contributed by atoms with van der Waals surface area (Å²) in [5.41, 5.74) is 4.10. The van der Waals surface area contributed by atoms with Gasteiger partial charge in [-0.1, -0.05) is 31.9 Å². The lowest BCUT2D eigenvalue weighted by Crippen LogP contribution is -2.26. The largest absolute Gasteiger partial charge is 0.0735 e. The zero-order valence-electron chi connectivity index (χ0n) is 9.48. The van der Waals surface area contributed by atoms with Gasteiger partial charge >= 0.3 is 0 Å². The minimum atomic E-state index is 0.571. The van der Waals surface area contributed by atoms with Crippen LogP contribution >= 0.6 is 0 Å². The first-order valence-electron chi connectivity index (χ1n) is 5.75.